The van der Waals surface area contributed by atoms with E-state index in [1.807, 2.05) is 20.8 Å². The molecule has 0 aromatic heterocycles. The zero-order chi connectivity index (χ0) is 38.9. The first-order valence-electron chi connectivity index (χ1n) is 15.9. The van der Waals surface area contributed by atoms with E-state index >= 15 is 0 Å². The fourth-order valence-electron chi connectivity index (χ4n) is 5.11. The quantitative estimate of drug-likeness (QED) is 0.163. The van der Waals surface area contributed by atoms with Gasteiger partial charge in [0, 0.05) is 34.6 Å². The van der Waals surface area contributed by atoms with E-state index in [0.29, 0.717) is 11.8 Å². The third-order valence-electron chi connectivity index (χ3n) is 7.94. The molecule has 0 aromatic rings. The predicted octanol–water partition coefficient (Wildman–Crippen LogP) is 3.67. The van der Waals surface area contributed by atoms with Crippen LogP contribution in [0.3, 0.4) is 0 Å². The van der Waals surface area contributed by atoms with Gasteiger partial charge in [-0.1, -0.05) is 27.7 Å². The highest BCUT2D eigenvalue weighted by Gasteiger charge is 2.49. The zero-order valence-electron chi connectivity index (χ0n) is 30.5. The van der Waals surface area contributed by atoms with Crippen molar-refractivity contribution in [2.24, 2.45) is 28.7 Å². The Morgan fingerprint density at radius 2 is 1.30 bits per heavy atom. The summed E-state index contributed by atoms with van der Waals surface area (Å²) in [6, 6.07) is -0.367. The summed E-state index contributed by atoms with van der Waals surface area (Å²) < 4.78 is 91.9. The molecule has 0 radical (unpaired) electrons. The standard InChI is InChI=1S/C14H23NO6.C12H19NO4.C4H9F3O3SSi/c1-7-8(2)13(15-9(3)16)14(20-11(5)18)21-12(7)6-19-10(4)17;1-6-7(2)11-12(16-8(3)13-11)17-10(6)5-15-9(4)14;1-12(2,3)10-11(8,9)4(5,6)7/h7-8,12-14H,6H2,1-5H3,(H,15,16);6-7,10-12H,5H2,1-4H3;1-3H3/t7-,8+,12-,13-,14?;6-,7+,10-,11-,12?;/m11./s1. The average Bonchev–Trinajstić information content (AvgIpc) is 3.31. The van der Waals surface area contributed by atoms with Gasteiger partial charge in [-0.3, -0.25) is 19.2 Å². The number of rotatable bonds is 8. The Kier molecular flexibility index (Phi) is 16.8. The minimum absolute atomic E-state index is 0.00689. The number of alkyl halides is 3. The number of ether oxygens (including phenoxy) is 6. The van der Waals surface area contributed by atoms with E-state index in [0.717, 1.165) is 0 Å². The summed E-state index contributed by atoms with van der Waals surface area (Å²) in [5.74, 6) is -0.0724. The van der Waals surface area contributed by atoms with Crippen molar-refractivity contribution < 1.29 is 73.1 Å². The van der Waals surface area contributed by atoms with Crippen LogP contribution in [0.2, 0.25) is 19.6 Å². The number of halogens is 3. The molecule has 20 heteroatoms. The van der Waals surface area contributed by atoms with Gasteiger partial charge >= 0.3 is 33.5 Å². The number of hydrogen-bond donors (Lipinski definition) is 1. The van der Waals surface area contributed by atoms with E-state index in [2.05, 4.69) is 28.0 Å². The molecule has 3 heterocycles. The molecule has 10 atom stereocenters. The molecular formula is C30H51F3N2O13SSi. The summed E-state index contributed by atoms with van der Waals surface area (Å²) in [5, 5.41) is 2.75. The fraction of sp³-hybridized carbons (Fsp3) is 0.833. The van der Waals surface area contributed by atoms with E-state index < -0.39 is 54.3 Å². The molecule has 2 fully saturated rings. The summed E-state index contributed by atoms with van der Waals surface area (Å²) in [4.78, 5) is 48.7. The highest BCUT2D eigenvalue weighted by molar-refractivity contribution is 7.88. The largest absolute Gasteiger partial charge is 0.522 e. The van der Waals surface area contributed by atoms with Crippen LogP contribution in [0.15, 0.2) is 4.99 Å². The van der Waals surface area contributed by atoms with Crippen molar-refractivity contribution in [3.8, 4) is 0 Å². The van der Waals surface area contributed by atoms with E-state index in [1.54, 1.807) is 0 Å². The Balaban J connectivity index is 0.000000390. The minimum Gasteiger partial charge on any atom is -0.463 e. The van der Waals surface area contributed by atoms with Crippen LogP contribution in [0.4, 0.5) is 13.2 Å². The van der Waals surface area contributed by atoms with Crippen LogP contribution in [0, 0.1) is 23.7 Å². The van der Waals surface area contributed by atoms with Crippen LogP contribution in [0.1, 0.15) is 62.3 Å². The first kappa shape index (κ1) is 45.2. The maximum absolute atomic E-state index is 11.7. The maximum Gasteiger partial charge on any atom is 0.522 e. The van der Waals surface area contributed by atoms with E-state index in [4.69, 9.17) is 28.4 Å². The van der Waals surface area contributed by atoms with Crippen molar-refractivity contribution in [1.82, 2.24) is 5.32 Å². The lowest BCUT2D eigenvalue weighted by atomic mass is 9.82. The molecule has 3 aliphatic heterocycles. The number of fused-ring (bicyclic) bond motifs is 1. The molecule has 1 N–H and O–H groups in total. The van der Waals surface area contributed by atoms with Crippen LogP contribution in [0.5, 0.6) is 0 Å². The lowest BCUT2D eigenvalue weighted by Crippen LogP contribution is -2.58. The molecule has 0 aliphatic carbocycles. The van der Waals surface area contributed by atoms with Gasteiger partial charge in [0.2, 0.25) is 26.8 Å². The molecule has 50 heavy (non-hydrogen) atoms. The van der Waals surface area contributed by atoms with Crippen LogP contribution in [-0.2, 0) is 61.6 Å². The van der Waals surface area contributed by atoms with Crippen LogP contribution in [0.25, 0.3) is 0 Å². The van der Waals surface area contributed by atoms with Crippen molar-refractivity contribution in [3.63, 3.8) is 0 Å². The van der Waals surface area contributed by atoms with Gasteiger partial charge in [-0.25, -0.2) is 4.99 Å². The van der Waals surface area contributed by atoms with Gasteiger partial charge in [-0.15, -0.1) is 0 Å². The van der Waals surface area contributed by atoms with Gasteiger partial charge in [-0.05, 0) is 43.3 Å². The monoisotopic (exact) mass is 764 g/mol. The van der Waals surface area contributed by atoms with Gasteiger partial charge in [0.15, 0.2) is 5.90 Å². The van der Waals surface area contributed by atoms with E-state index in [9.17, 15) is 40.8 Å². The normalized spacial score (nSPS) is 30.7. The molecule has 15 nitrogen and oxygen atoms in total. The van der Waals surface area contributed by atoms with Gasteiger partial charge < -0.3 is 37.6 Å². The highest BCUT2D eigenvalue weighted by Crippen LogP contribution is 2.36. The smallest absolute Gasteiger partial charge is 0.463 e. The SMILES string of the molecule is CC(=O)N[C@H]1C(OC(C)=O)O[C@H](COC(C)=O)[C@H](C)[C@@H]1C.CC(=O)OC[C@H]1OC2OC(C)=N[C@@H]2[C@@H](C)[C@H]1C.C[Si](C)(C)OS(=O)(=O)C(F)(F)F. The zero-order valence-corrected chi connectivity index (χ0v) is 32.3. The molecule has 0 aromatic carbocycles. The number of esters is 3. The fourth-order valence-corrected chi connectivity index (χ4v) is 8.12. The highest BCUT2D eigenvalue weighted by atomic mass is 32.2. The van der Waals surface area contributed by atoms with Crippen molar-refractivity contribution in [2.45, 2.75) is 124 Å². The number of carbonyl (C=O) groups excluding carboxylic acids is 4. The molecule has 3 aliphatic rings. The van der Waals surface area contributed by atoms with Crippen LogP contribution in [-0.4, -0.2) is 102 Å². The van der Waals surface area contributed by atoms with E-state index in [-0.39, 0.29) is 61.3 Å². The van der Waals surface area contributed by atoms with Gasteiger partial charge in [0.1, 0.15) is 19.3 Å². The third kappa shape index (κ3) is 14.4. The molecular weight excluding hydrogens is 713 g/mol. The Morgan fingerprint density at radius 1 is 0.820 bits per heavy atom. The summed E-state index contributed by atoms with van der Waals surface area (Å²) in [6.45, 7) is 19.8. The molecule has 0 saturated carbocycles. The minimum atomic E-state index is -5.39. The van der Waals surface area contributed by atoms with Crippen molar-refractivity contribution in [3.05, 3.63) is 0 Å². The second-order valence-corrected chi connectivity index (χ2v) is 19.6. The number of carbonyl (C=O) groups is 4. The first-order valence-corrected chi connectivity index (χ1v) is 20.7. The van der Waals surface area contributed by atoms with Crippen molar-refractivity contribution in [2.75, 3.05) is 13.2 Å². The van der Waals surface area contributed by atoms with E-state index in [1.165, 1.54) is 47.3 Å². The van der Waals surface area contributed by atoms with Crippen molar-refractivity contribution in [1.29, 1.82) is 0 Å². The van der Waals surface area contributed by atoms with Gasteiger partial charge in [0.05, 0.1) is 18.2 Å². The maximum atomic E-state index is 11.7. The van der Waals surface area contributed by atoms with Gasteiger partial charge in [0.25, 0.3) is 0 Å². The summed E-state index contributed by atoms with van der Waals surface area (Å²) in [6.07, 6.45) is -1.71. The van der Waals surface area contributed by atoms with Crippen molar-refractivity contribution >= 4 is 48.1 Å². The topological polar surface area (TPSA) is 191 Å². The number of hydrogen-bond acceptors (Lipinski definition) is 14. The molecule has 0 bridgehead atoms. The Labute approximate surface area is 292 Å². The second-order valence-electron chi connectivity index (χ2n) is 13.3. The molecule has 1 amide bonds. The summed E-state index contributed by atoms with van der Waals surface area (Å²) >= 11 is 0. The molecule has 3 rings (SSSR count). The van der Waals surface area contributed by atoms with Gasteiger partial charge in [-0.2, -0.15) is 21.6 Å². The lowest BCUT2D eigenvalue weighted by molar-refractivity contribution is -0.238. The molecule has 2 unspecified atom stereocenters. The Bertz CT molecular complexity index is 1320. The lowest BCUT2D eigenvalue weighted by Gasteiger charge is -2.43. The summed E-state index contributed by atoms with van der Waals surface area (Å²) in [7, 11) is -8.10. The summed E-state index contributed by atoms with van der Waals surface area (Å²) in [5.41, 5.74) is -5.31. The second kappa shape index (κ2) is 18.6. The molecule has 2 saturated heterocycles. The average molecular weight is 765 g/mol. The molecule has 290 valence electrons. The number of nitrogens with one attached hydrogen (secondary N) is 1. The predicted molar refractivity (Wildman–Crippen MR) is 174 cm³/mol. The molecule has 0 spiro atoms. The van der Waals surface area contributed by atoms with Crippen LogP contribution < -0.4 is 5.32 Å². The number of amides is 1. The third-order valence-corrected chi connectivity index (χ3v) is 11.4. The number of nitrogens with zero attached hydrogens (tertiary/aromatic N) is 1. The first-order chi connectivity index (χ1) is 22.7. The Morgan fingerprint density at radius 3 is 1.70 bits per heavy atom. The number of aliphatic imine (C=N–C) groups is 1. The van der Waals surface area contributed by atoms with Crippen LogP contribution >= 0.6 is 0 Å². The Hall–Kier alpha value is -2.81.